The van der Waals surface area contributed by atoms with Crippen LogP contribution in [0.4, 0.5) is 0 Å². The van der Waals surface area contributed by atoms with Gasteiger partial charge in [-0.25, -0.2) is 0 Å². The first-order chi connectivity index (χ1) is 5.40. The summed E-state index contributed by atoms with van der Waals surface area (Å²) in [5, 5.41) is 8.91. The molecule has 0 aromatic carbocycles. The van der Waals surface area contributed by atoms with Crippen LogP contribution in [0.3, 0.4) is 0 Å². The fourth-order valence-electron chi connectivity index (χ4n) is 0.445. The lowest BCUT2D eigenvalue weighted by Gasteiger charge is -2.20. The average molecular weight is 229 g/mol. The highest BCUT2D eigenvalue weighted by Crippen LogP contribution is 2.15. The average Bonchev–Trinajstić information content (AvgIpc) is 2.00. The number of carboxylic acid groups (broad SMARTS) is 1. The maximum Gasteiger partial charge on any atom is 0.324 e. The number of carboxylic acids is 1. The summed E-state index contributed by atoms with van der Waals surface area (Å²) in [5.74, 6) is -0.583. The monoisotopic (exact) mass is 228 g/mol. The number of nitrogens with two attached hydrogens (primary N) is 2. The molecule has 0 heterocycles. The molecule has 0 bridgehead atoms. The van der Waals surface area contributed by atoms with Crippen molar-refractivity contribution in [2.75, 3.05) is 12.3 Å². The maximum absolute atomic E-state index is 10.6. The maximum atomic E-state index is 10.6. The van der Waals surface area contributed by atoms with Gasteiger partial charge in [0.25, 0.3) is 0 Å². The summed E-state index contributed by atoms with van der Waals surface area (Å²) in [7, 11) is 0. The molecule has 0 radical (unpaired) electrons. The Balaban J connectivity index is 0. The van der Waals surface area contributed by atoms with Gasteiger partial charge in [-0.2, -0.15) is 11.8 Å². The van der Waals surface area contributed by atoms with Crippen LogP contribution in [0.15, 0.2) is 0 Å². The highest BCUT2D eigenvalue weighted by molar-refractivity contribution is 8.00. The molecule has 0 aromatic rings. The molecule has 6 heteroatoms. The van der Waals surface area contributed by atoms with Gasteiger partial charge in [-0.05, 0) is 6.92 Å². The minimum absolute atomic E-state index is 0. The van der Waals surface area contributed by atoms with Crippen LogP contribution in [-0.4, -0.2) is 34.2 Å². The standard InChI is InChI=1S/C7H16N2O2S.ClH/c1-5(3-8)12-4-7(2,9)6(10)11;/h5H,3-4,8-9H2,1-2H3,(H,10,11);1H/t5?,7-;/m0./s1. The normalized spacial score (nSPS) is 16.9. The van der Waals surface area contributed by atoms with Gasteiger partial charge in [0, 0.05) is 17.5 Å². The molecule has 0 aliphatic heterocycles. The third-order valence-corrected chi connectivity index (χ3v) is 3.02. The van der Waals surface area contributed by atoms with Crippen molar-refractivity contribution >= 4 is 30.1 Å². The molecular weight excluding hydrogens is 212 g/mol. The molecule has 0 aliphatic rings. The van der Waals surface area contributed by atoms with Crippen molar-refractivity contribution in [3.63, 3.8) is 0 Å². The number of halogens is 1. The van der Waals surface area contributed by atoms with Crippen molar-refractivity contribution in [3.05, 3.63) is 0 Å². The van der Waals surface area contributed by atoms with Crippen LogP contribution in [-0.2, 0) is 4.79 Å². The van der Waals surface area contributed by atoms with Crippen LogP contribution in [0.5, 0.6) is 0 Å². The lowest BCUT2D eigenvalue weighted by molar-refractivity contribution is -0.141. The van der Waals surface area contributed by atoms with Crippen molar-refractivity contribution in [2.45, 2.75) is 24.6 Å². The fraction of sp³-hybridized carbons (Fsp3) is 0.857. The van der Waals surface area contributed by atoms with Crippen LogP contribution in [0.1, 0.15) is 13.8 Å². The molecule has 0 aromatic heterocycles. The van der Waals surface area contributed by atoms with E-state index in [0.717, 1.165) is 0 Å². The van der Waals surface area contributed by atoms with Gasteiger partial charge in [-0.3, -0.25) is 4.79 Å². The second-order valence-corrected chi connectivity index (χ2v) is 4.51. The first kappa shape index (κ1) is 15.5. The fourth-order valence-corrected chi connectivity index (χ4v) is 1.34. The number of rotatable bonds is 5. The van der Waals surface area contributed by atoms with Gasteiger partial charge >= 0.3 is 5.97 Å². The molecule has 0 fully saturated rings. The van der Waals surface area contributed by atoms with E-state index in [0.29, 0.717) is 12.3 Å². The van der Waals surface area contributed by atoms with Gasteiger partial charge in [0.1, 0.15) is 5.54 Å². The quantitative estimate of drug-likeness (QED) is 0.630. The molecule has 4 nitrogen and oxygen atoms in total. The third-order valence-electron chi connectivity index (χ3n) is 1.49. The summed E-state index contributed by atoms with van der Waals surface area (Å²) < 4.78 is 0. The smallest absolute Gasteiger partial charge is 0.324 e. The molecule has 1 unspecified atom stereocenters. The minimum Gasteiger partial charge on any atom is -0.480 e. The van der Waals surface area contributed by atoms with Crippen molar-refractivity contribution in [1.29, 1.82) is 0 Å². The Morgan fingerprint density at radius 1 is 1.69 bits per heavy atom. The van der Waals surface area contributed by atoms with Crippen molar-refractivity contribution in [3.8, 4) is 0 Å². The number of thioether (sulfide) groups is 1. The second-order valence-electron chi connectivity index (χ2n) is 3.08. The number of carbonyl (C=O) groups is 1. The summed E-state index contributed by atoms with van der Waals surface area (Å²) in [6.45, 7) is 3.99. The summed E-state index contributed by atoms with van der Waals surface area (Å²) >= 11 is 1.48. The Bertz CT molecular complexity index is 167. The lowest BCUT2D eigenvalue weighted by Crippen LogP contribution is -2.47. The van der Waals surface area contributed by atoms with Crippen LogP contribution in [0, 0.1) is 0 Å². The van der Waals surface area contributed by atoms with E-state index in [1.54, 1.807) is 0 Å². The van der Waals surface area contributed by atoms with E-state index in [1.165, 1.54) is 18.7 Å². The third kappa shape index (κ3) is 6.15. The van der Waals surface area contributed by atoms with E-state index in [2.05, 4.69) is 0 Å². The first-order valence-electron chi connectivity index (χ1n) is 3.74. The van der Waals surface area contributed by atoms with Crippen LogP contribution in [0.2, 0.25) is 0 Å². The van der Waals surface area contributed by atoms with Gasteiger partial charge in [0.15, 0.2) is 0 Å². The van der Waals surface area contributed by atoms with Gasteiger partial charge in [-0.15, -0.1) is 12.4 Å². The number of hydrogen-bond donors (Lipinski definition) is 3. The van der Waals surface area contributed by atoms with E-state index in [-0.39, 0.29) is 17.7 Å². The van der Waals surface area contributed by atoms with E-state index >= 15 is 0 Å². The molecule has 80 valence electrons. The van der Waals surface area contributed by atoms with Crippen LogP contribution >= 0.6 is 24.2 Å². The number of aliphatic carboxylic acids is 1. The summed E-state index contributed by atoms with van der Waals surface area (Å²) in [6.07, 6.45) is 0. The lowest BCUT2D eigenvalue weighted by atomic mass is 10.1. The zero-order valence-electron chi connectivity index (χ0n) is 7.82. The molecule has 0 aliphatic carbocycles. The topological polar surface area (TPSA) is 89.3 Å². The van der Waals surface area contributed by atoms with Gasteiger partial charge in [0.05, 0.1) is 0 Å². The molecule has 0 saturated carbocycles. The second kappa shape index (κ2) is 6.48. The van der Waals surface area contributed by atoms with Crippen molar-refractivity contribution < 1.29 is 9.90 Å². The molecule has 13 heavy (non-hydrogen) atoms. The van der Waals surface area contributed by atoms with Crippen molar-refractivity contribution in [2.24, 2.45) is 11.5 Å². The zero-order valence-corrected chi connectivity index (χ0v) is 9.45. The minimum atomic E-state index is -1.14. The Morgan fingerprint density at radius 2 is 2.15 bits per heavy atom. The van der Waals surface area contributed by atoms with E-state index in [9.17, 15) is 4.79 Å². The zero-order chi connectivity index (χ0) is 9.78. The Labute approximate surface area is 88.8 Å². The van der Waals surface area contributed by atoms with Crippen molar-refractivity contribution in [1.82, 2.24) is 0 Å². The van der Waals surface area contributed by atoms with E-state index < -0.39 is 11.5 Å². The van der Waals surface area contributed by atoms with E-state index in [1.807, 2.05) is 6.92 Å². The van der Waals surface area contributed by atoms with Gasteiger partial charge in [0.2, 0.25) is 0 Å². The Kier molecular flexibility index (Phi) is 7.72. The molecule has 0 spiro atoms. The largest absolute Gasteiger partial charge is 0.480 e. The molecule has 0 saturated heterocycles. The summed E-state index contributed by atoms with van der Waals surface area (Å²) in [4.78, 5) is 10.6. The molecule has 0 rings (SSSR count). The predicted octanol–water partition coefficient (Wildman–Crippen LogP) is 0.291. The summed E-state index contributed by atoms with van der Waals surface area (Å²) in [5.41, 5.74) is 9.73. The number of hydrogen-bond acceptors (Lipinski definition) is 4. The molecule has 5 N–H and O–H groups in total. The molecule has 2 atom stereocenters. The van der Waals surface area contributed by atoms with Crippen LogP contribution in [0.25, 0.3) is 0 Å². The van der Waals surface area contributed by atoms with Gasteiger partial charge < -0.3 is 16.6 Å². The summed E-state index contributed by atoms with van der Waals surface area (Å²) in [6, 6.07) is 0. The SMILES string of the molecule is CC(CN)SC[C@](C)(N)C(=O)O.Cl. The molecule has 0 amide bonds. The Hall–Kier alpha value is 0.0300. The Morgan fingerprint density at radius 3 is 2.46 bits per heavy atom. The molecular formula is C7H17ClN2O2S. The van der Waals surface area contributed by atoms with E-state index in [4.69, 9.17) is 16.6 Å². The predicted molar refractivity (Wildman–Crippen MR) is 58.5 cm³/mol. The first-order valence-corrected chi connectivity index (χ1v) is 4.79. The highest BCUT2D eigenvalue weighted by Gasteiger charge is 2.28. The van der Waals surface area contributed by atoms with Crippen LogP contribution < -0.4 is 11.5 Å². The highest BCUT2D eigenvalue weighted by atomic mass is 35.5. The van der Waals surface area contributed by atoms with Gasteiger partial charge in [-0.1, -0.05) is 6.92 Å².